The molecule has 2 aromatic carbocycles. The maximum Gasteiger partial charge on any atom is 0.142 e. The lowest BCUT2D eigenvalue weighted by molar-refractivity contribution is 0.303. The van der Waals surface area contributed by atoms with Crippen molar-refractivity contribution in [3.05, 3.63) is 62.6 Å². The molecule has 21 heavy (non-hydrogen) atoms. The Morgan fingerprint density at radius 3 is 2.57 bits per heavy atom. The van der Waals surface area contributed by atoms with Crippen molar-refractivity contribution < 1.29 is 4.74 Å². The van der Waals surface area contributed by atoms with E-state index in [4.69, 9.17) is 33.2 Å². The highest BCUT2D eigenvalue weighted by atomic mass is 79.9. The van der Waals surface area contributed by atoms with E-state index in [1.165, 1.54) is 0 Å². The van der Waals surface area contributed by atoms with Gasteiger partial charge in [0.05, 0.1) is 16.7 Å². The number of nitrogens with zero attached hydrogens (tertiary/aromatic N) is 1. The molecule has 0 aromatic heterocycles. The second kappa shape index (κ2) is 7.17. The number of alkyl halides is 1. The molecule has 0 bridgehead atoms. The lowest BCUT2D eigenvalue weighted by Crippen LogP contribution is -2.01. The van der Waals surface area contributed by atoms with Crippen molar-refractivity contribution in [1.29, 1.82) is 5.26 Å². The summed E-state index contributed by atoms with van der Waals surface area (Å²) in [6, 6.07) is 11.1. The summed E-state index contributed by atoms with van der Waals surface area (Å²) in [4.78, 5) is 0. The van der Waals surface area contributed by atoms with Gasteiger partial charge in [-0.15, -0.1) is 0 Å². The summed E-state index contributed by atoms with van der Waals surface area (Å²) in [6.45, 7) is 2.34. The number of hydrogen-bond acceptors (Lipinski definition) is 2. The van der Waals surface area contributed by atoms with Gasteiger partial charge in [0.1, 0.15) is 12.4 Å². The quantitative estimate of drug-likeness (QED) is 0.638. The SMILES string of the molecule is Cc1cc(C#N)ccc1COc1c(Cl)cc(Cl)cc1CBr. The van der Waals surface area contributed by atoms with Crippen LogP contribution in [0.2, 0.25) is 10.0 Å². The van der Waals surface area contributed by atoms with E-state index in [0.29, 0.717) is 33.3 Å². The molecule has 5 heteroatoms. The molecule has 0 fully saturated rings. The number of ether oxygens (including phenoxy) is 1. The van der Waals surface area contributed by atoms with Crippen LogP contribution < -0.4 is 4.74 Å². The number of benzene rings is 2. The topological polar surface area (TPSA) is 33.0 Å². The Kier molecular flexibility index (Phi) is 5.52. The highest BCUT2D eigenvalue weighted by Crippen LogP contribution is 2.34. The zero-order valence-corrected chi connectivity index (χ0v) is 14.4. The van der Waals surface area contributed by atoms with Gasteiger partial charge in [-0.2, -0.15) is 5.26 Å². The summed E-state index contributed by atoms with van der Waals surface area (Å²) in [5.41, 5.74) is 3.57. The standard InChI is InChI=1S/C16H12BrCl2NO/c1-10-4-11(8-20)2-3-12(10)9-21-16-13(7-17)5-14(18)6-15(16)19/h2-6H,7,9H2,1H3. The van der Waals surface area contributed by atoms with Crippen molar-refractivity contribution in [2.45, 2.75) is 18.9 Å². The summed E-state index contributed by atoms with van der Waals surface area (Å²) in [6.07, 6.45) is 0. The Hall–Kier alpha value is -1.21. The van der Waals surface area contributed by atoms with Crippen molar-refractivity contribution in [3.63, 3.8) is 0 Å². The molecule has 0 aliphatic rings. The molecule has 0 unspecified atom stereocenters. The van der Waals surface area contributed by atoms with Crippen LogP contribution in [0.5, 0.6) is 5.75 Å². The maximum absolute atomic E-state index is 8.88. The van der Waals surface area contributed by atoms with Crippen LogP contribution in [0.1, 0.15) is 22.3 Å². The monoisotopic (exact) mass is 383 g/mol. The van der Waals surface area contributed by atoms with Crippen molar-refractivity contribution in [3.8, 4) is 11.8 Å². The third-order valence-electron chi connectivity index (χ3n) is 3.07. The predicted molar refractivity (Wildman–Crippen MR) is 89.3 cm³/mol. The third kappa shape index (κ3) is 3.91. The number of aryl methyl sites for hydroxylation is 1. The fraction of sp³-hybridized carbons (Fsp3) is 0.188. The summed E-state index contributed by atoms with van der Waals surface area (Å²) < 4.78 is 5.85. The lowest BCUT2D eigenvalue weighted by atomic mass is 10.1. The summed E-state index contributed by atoms with van der Waals surface area (Å²) in [5, 5.41) is 10.6. The Morgan fingerprint density at radius 2 is 1.95 bits per heavy atom. The molecule has 0 amide bonds. The largest absolute Gasteiger partial charge is 0.487 e. The van der Waals surface area contributed by atoms with Gasteiger partial charge >= 0.3 is 0 Å². The molecule has 0 aliphatic heterocycles. The highest BCUT2D eigenvalue weighted by molar-refractivity contribution is 9.08. The van der Waals surface area contributed by atoms with E-state index < -0.39 is 0 Å². The molecule has 0 radical (unpaired) electrons. The Balaban J connectivity index is 2.23. The van der Waals surface area contributed by atoms with Crippen LogP contribution >= 0.6 is 39.1 Å². The number of nitriles is 1. The van der Waals surface area contributed by atoms with Crippen LogP contribution in [0, 0.1) is 18.3 Å². The van der Waals surface area contributed by atoms with Crippen LogP contribution in [0.4, 0.5) is 0 Å². The average Bonchev–Trinajstić information content (AvgIpc) is 2.46. The summed E-state index contributed by atoms with van der Waals surface area (Å²) >= 11 is 15.6. The van der Waals surface area contributed by atoms with E-state index in [9.17, 15) is 0 Å². The maximum atomic E-state index is 8.88. The van der Waals surface area contributed by atoms with Crippen molar-refractivity contribution >= 4 is 39.1 Å². The van der Waals surface area contributed by atoms with Gasteiger partial charge in [0, 0.05) is 15.9 Å². The molecular weight excluding hydrogens is 373 g/mol. The van der Waals surface area contributed by atoms with Crippen LogP contribution in [0.3, 0.4) is 0 Å². The minimum absolute atomic E-state index is 0.388. The third-order valence-corrected chi connectivity index (χ3v) is 4.18. The molecule has 0 aliphatic carbocycles. The molecule has 2 rings (SSSR count). The van der Waals surface area contributed by atoms with E-state index in [1.54, 1.807) is 12.1 Å². The number of halogens is 3. The van der Waals surface area contributed by atoms with Gasteiger partial charge in [0.2, 0.25) is 0 Å². The van der Waals surface area contributed by atoms with Crippen LogP contribution in [-0.2, 0) is 11.9 Å². The minimum atomic E-state index is 0.388. The molecule has 0 spiro atoms. The first kappa shape index (κ1) is 16.2. The van der Waals surface area contributed by atoms with Gasteiger partial charge < -0.3 is 4.74 Å². The summed E-state index contributed by atoms with van der Waals surface area (Å²) in [7, 11) is 0. The molecule has 0 N–H and O–H groups in total. The molecular formula is C16H12BrCl2NO. The van der Waals surface area contributed by atoms with Gasteiger partial charge in [-0.3, -0.25) is 0 Å². The minimum Gasteiger partial charge on any atom is -0.487 e. The van der Waals surface area contributed by atoms with Crippen LogP contribution in [-0.4, -0.2) is 0 Å². The summed E-state index contributed by atoms with van der Waals surface area (Å²) in [5.74, 6) is 0.627. The lowest BCUT2D eigenvalue weighted by Gasteiger charge is -2.14. The van der Waals surface area contributed by atoms with Gasteiger partial charge in [-0.1, -0.05) is 45.2 Å². The second-order valence-corrected chi connectivity index (χ2v) is 5.96. The van der Waals surface area contributed by atoms with E-state index in [0.717, 1.165) is 16.7 Å². The van der Waals surface area contributed by atoms with Crippen molar-refractivity contribution in [2.75, 3.05) is 0 Å². The fourth-order valence-corrected chi connectivity index (χ4v) is 2.96. The first-order valence-electron chi connectivity index (χ1n) is 6.21. The van der Waals surface area contributed by atoms with Crippen molar-refractivity contribution in [2.24, 2.45) is 0 Å². The van der Waals surface area contributed by atoms with Crippen molar-refractivity contribution in [1.82, 2.24) is 0 Å². The highest BCUT2D eigenvalue weighted by Gasteiger charge is 2.11. The molecule has 2 aromatic rings. The Labute approximate surface area is 142 Å². The number of rotatable bonds is 4. The first-order chi connectivity index (χ1) is 10.0. The Bertz CT molecular complexity index is 710. The van der Waals surface area contributed by atoms with Crippen LogP contribution in [0.15, 0.2) is 30.3 Å². The van der Waals surface area contributed by atoms with E-state index in [-0.39, 0.29) is 0 Å². The van der Waals surface area contributed by atoms with E-state index in [2.05, 4.69) is 22.0 Å². The number of hydrogen-bond donors (Lipinski definition) is 0. The molecule has 2 nitrogen and oxygen atoms in total. The molecule has 0 heterocycles. The molecule has 0 atom stereocenters. The average molecular weight is 385 g/mol. The Morgan fingerprint density at radius 1 is 1.19 bits per heavy atom. The molecule has 0 saturated heterocycles. The van der Waals surface area contributed by atoms with Gasteiger partial charge in [-0.05, 0) is 42.3 Å². The van der Waals surface area contributed by atoms with Gasteiger partial charge in [0.15, 0.2) is 0 Å². The van der Waals surface area contributed by atoms with E-state index >= 15 is 0 Å². The van der Waals surface area contributed by atoms with Crippen LogP contribution in [0.25, 0.3) is 0 Å². The predicted octanol–water partition coefficient (Wildman–Crippen LogP) is 5.65. The second-order valence-electron chi connectivity index (χ2n) is 4.55. The van der Waals surface area contributed by atoms with Gasteiger partial charge in [-0.25, -0.2) is 0 Å². The van der Waals surface area contributed by atoms with E-state index in [1.807, 2.05) is 25.1 Å². The molecule has 0 saturated carbocycles. The first-order valence-corrected chi connectivity index (χ1v) is 8.09. The normalized spacial score (nSPS) is 10.2. The smallest absolute Gasteiger partial charge is 0.142 e. The fourth-order valence-electron chi connectivity index (χ4n) is 1.95. The zero-order valence-electron chi connectivity index (χ0n) is 11.3. The zero-order chi connectivity index (χ0) is 15.4. The molecule has 108 valence electrons. The van der Waals surface area contributed by atoms with Gasteiger partial charge in [0.25, 0.3) is 0 Å².